The molecule has 0 unspecified atom stereocenters. The fourth-order valence-corrected chi connectivity index (χ4v) is 5.79. The first-order chi connectivity index (χ1) is 15.1. The minimum absolute atomic E-state index is 0.930. The maximum atomic E-state index is 6.38. The Labute approximate surface area is 184 Å². The standard InChI is InChI=1S/C27H22N2OS/c1-17-15-16-19-18-9-4-6-13-23(18)30-26(19)25(17)21-11-8-12-22(28(21)2)27-29(3)20-10-5-7-14-24(20)31-27/h4-16H,1-3H3/q+2. The minimum atomic E-state index is 0.930. The van der Waals surface area contributed by atoms with Crippen molar-refractivity contribution >= 4 is 43.5 Å². The number of aromatic nitrogens is 2. The van der Waals surface area contributed by atoms with Gasteiger partial charge in [-0.2, -0.15) is 9.13 Å². The van der Waals surface area contributed by atoms with Crippen LogP contribution >= 0.6 is 11.3 Å². The first-order valence-electron chi connectivity index (χ1n) is 10.4. The number of rotatable bonds is 2. The van der Waals surface area contributed by atoms with Crippen molar-refractivity contribution in [1.82, 2.24) is 0 Å². The second-order valence-electron chi connectivity index (χ2n) is 8.02. The summed E-state index contributed by atoms with van der Waals surface area (Å²) < 4.78 is 12.2. The van der Waals surface area contributed by atoms with Crippen LogP contribution in [0.3, 0.4) is 0 Å². The third kappa shape index (κ3) is 2.65. The van der Waals surface area contributed by atoms with Gasteiger partial charge in [-0.1, -0.05) is 53.8 Å². The fraction of sp³-hybridized carbons (Fsp3) is 0.111. The van der Waals surface area contributed by atoms with Crippen molar-refractivity contribution in [1.29, 1.82) is 0 Å². The first-order valence-corrected chi connectivity index (χ1v) is 11.2. The zero-order valence-electron chi connectivity index (χ0n) is 17.7. The fourth-order valence-electron chi connectivity index (χ4n) is 4.58. The lowest BCUT2D eigenvalue weighted by atomic mass is 10.0. The van der Waals surface area contributed by atoms with E-state index in [0.717, 1.165) is 33.2 Å². The number of hydrogen-bond acceptors (Lipinski definition) is 2. The molecule has 0 amide bonds. The molecule has 4 heteroatoms. The zero-order chi connectivity index (χ0) is 21.1. The van der Waals surface area contributed by atoms with Crippen LogP contribution in [0.25, 0.3) is 54.1 Å². The summed E-state index contributed by atoms with van der Waals surface area (Å²) in [6.07, 6.45) is 0. The first kappa shape index (κ1) is 18.3. The Hall–Kier alpha value is -3.50. The van der Waals surface area contributed by atoms with Crippen LogP contribution in [0.5, 0.6) is 0 Å². The number of benzene rings is 3. The van der Waals surface area contributed by atoms with Crippen LogP contribution in [0.15, 0.2) is 83.3 Å². The summed E-state index contributed by atoms with van der Waals surface area (Å²) >= 11 is 1.83. The summed E-state index contributed by atoms with van der Waals surface area (Å²) in [5.74, 6) is 0. The van der Waals surface area contributed by atoms with Gasteiger partial charge in [0.15, 0.2) is 0 Å². The molecule has 0 fully saturated rings. The molecule has 0 aliphatic carbocycles. The van der Waals surface area contributed by atoms with Crippen LogP contribution in [0.4, 0.5) is 0 Å². The van der Waals surface area contributed by atoms with Crippen LogP contribution in [0.1, 0.15) is 5.56 Å². The summed E-state index contributed by atoms with van der Waals surface area (Å²) in [4.78, 5) is 0. The van der Waals surface area contributed by atoms with Crippen molar-refractivity contribution in [2.75, 3.05) is 0 Å². The number of pyridine rings is 1. The molecule has 0 radical (unpaired) electrons. The van der Waals surface area contributed by atoms with E-state index in [1.807, 2.05) is 23.5 Å². The van der Waals surface area contributed by atoms with Gasteiger partial charge in [0.25, 0.3) is 5.69 Å². The molecule has 3 heterocycles. The Morgan fingerprint density at radius 2 is 1.48 bits per heavy atom. The van der Waals surface area contributed by atoms with Crippen LogP contribution in [0, 0.1) is 6.92 Å². The number of hydrogen-bond donors (Lipinski definition) is 0. The lowest BCUT2D eigenvalue weighted by Crippen LogP contribution is -2.38. The Bertz CT molecular complexity index is 1620. The van der Waals surface area contributed by atoms with E-state index in [4.69, 9.17) is 4.42 Å². The van der Waals surface area contributed by atoms with Crippen LogP contribution in [-0.2, 0) is 14.1 Å². The highest BCUT2D eigenvalue weighted by molar-refractivity contribution is 7.21. The van der Waals surface area contributed by atoms with E-state index < -0.39 is 0 Å². The highest BCUT2D eigenvalue weighted by Crippen LogP contribution is 2.37. The largest absolute Gasteiger partial charge is 0.455 e. The highest BCUT2D eigenvalue weighted by Gasteiger charge is 2.29. The van der Waals surface area contributed by atoms with Crippen molar-refractivity contribution in [3.05, 3.63) is 84.4 Å². The molecule has 0 aliphatic rings. The average molecular weight is 423 g/mol. The molecule has 6 rings (SSSR count). The monoisotopic (exact) mass is 422 g/mol. The summed E-state index contributed by atoms with van der Waals surface area (Å²) in [6.45, 7) is 2.16. The van der Waals surface area contributed by atoms with E-state index in [1.165, 1.54) is 26.5 Å². The van der Waals surface area contributed by atoms with Crippen molar-refractivity contribution in [2.45, 2.75) is 6.92 Å². The SMILES string of the molecule is Cc1ccc2c(oc3ccccc32)c1-c1cccc(-c2sc3ccccc3[n+]2C)[n+]1C. The third-order valence-corrected chi connectivity index (χ3v) is 7.44. The summed E-state index contributed by atoms with van der Waals surface area (Å²) in [7, 11) is 4.29. The minimum Gasteiger partial charge on any atom is -0.455 e. The van der Waals surface area contributed by atoms with Gasteiger partial charge in [0.1, 0.15) is 30.0 Å². The molecular formula is C27H22N2OS+2. The molecular weight excluding hydrogens is 400 g/mol. The number of furan rings is 1. The lowest BCUT2D eigenvalue weighted by molar-refractivity contribution is -0.670. The summed E-state index contributed by atoms with van der Waals surface area (Å²) in [6, 6.07) is 27.7. The molecule has 3 nitrogen and oxygen atoms in total. The van der Waals surface area contributed by atoms with Gasteiger partial charge in [-0.05, 0) is 30.7 Å². The molecule has 0 aliphatic heterocycles. The molecule has 3 aromatic heterocycles. The van der Waals surface area contributed by atoms with Crippen molar-refractivity contribution in [2.24, 2.45) is 14.1 Å². The van der Waals surface area contributed by atoms with E-state index in [1.54, 1.807) is 0 Å². The van der Waals surface area contributed by atoms with E-state index in [0.29, 0.717) is 0 Å². The van der Waals surface area contributed by atoms with Gasteiger partial charge in [-0.15, -0.1) is 0 Å². The topological polar surface area (TPSA) is 20.9 Å². The molecule has 3 aromatic carbocycles. The molecule has 0 bridgehead atoms. The number of para-hydroxylation sites is 2. The molecule has 6 aromatic rings. The maximum absolute atomic E-state index is 6.38. The number of thiazole rings is 1. The lowest BCUT2D eigenvalue weighted by Gasteiger charge is -2.07. The van der Waals surface area contributed by atoms with E-state index in [2.05, 4.69) is 96.9 Å². The maximum Gasteiger partial charge on any atom is 0.335 e. The summed E-state index contributed by atoms with van der Waals surface area (Å²) in [5, 5.41) is 3.56. The van der Waals surface area contributed by atoms with Gasteiger partial charge in [0.2, 0.25) is 11.2 Å². The highest BCUT2D eigenvalue weighted by atomic mass is 32.1. The average Bonchev–Trinajstić information content (AvgIpc) is 3.32. The number of aryl methyl sites for hydroxylation is 2. The van der Waals surface area contributed by atoms with Gasteiger partial charge in [0, 0.05) is 29.0 Å². The number of fused-ring (bicyclic) bond motifs is 4. The predicted molar refractivity (Wildman–Crippen MR) is 127 cm³/mol. The van der Waals surface area contributed by atoms with Gasteiger partial charge in [-0.25, -0.2) is 0 Å². The van der Waals surface area contributed by atoms with Crippen LogP contribution in [0.2, 0.25) is 0 Å². The van der Waals surface area contributed by atoms with E-state index in [9.17, 15) is 0 Å². The molecule has 0 N–H and O–H groups in total. The molecule has 0 atom stereocenters. The predicted octanol–water partition coefficient (Wildman–Crippen LogP) is 6.09. The quantitative estimate of drug-likeness (QED) is 0.309. The molecule has 0 saturated carbocycles. The second kappa shape index (κ2) is 6.76. The Morgan fingerprint density at radius 1 is 0.710 bits per heavy atom. The van der Waals surface area contributed by atoms with Gasteiger partial charge < -0.3 is 4.42 Å². The van der Waals surface area contributed by atoms with Crippen molar-refractivity contribution in [3.63, 3.8) is 0 Å². The number of nitrogens with zero attached hydrogens (tertiary/aromatic N) is 2. The van der Waals surface area contributed by atoms with Gasteiger partial charge in [-0.3, -0.25) is 0 Å². The molecule has 31 heavy (non-hydrogen) atoms. The second-order valence-corrected chi connectivity index (χ2v) is 9.05. The van der Waals surface area contributed by atoms with Crippen LogP contribution in [-0.4, -0.2) is 0 Å². The Kier molecular flexibility index (Phi) is 3.99. The smallest absolute Gasteiger partial charge is 0.335 e. The Balaban J connectivity index is 1.64. The van der Waals surface area contributed by atoms with Crippen molar-refractivity contribution < 1.29 is 13.6 Å². The van der Waals surface area contributed by atoms with Crippen LogP contribution < -0.4 is 9.13 Å². The normalized spacial score (nSPS) is 11.7. The molecule has 0 saturated heterocycles. The van der Waals surface area contributed by atoms with Gasteiger partial charge in [0.05, 0.1) is 5.56 Å². The molecule has 0 spiro atoms. The van der Waals surface area contributed by atoms with Crippen molar-refractivity contribution in [3.8, 4) is 22.0 Å². The third-order valence-electron chi connectivity index (χ3n) is 6.20. The molecule has 150 valence electrons. The van der Waals surface area contributed by atoms with E-state index >= 15 is 0 Å². The zero-order valence-corrected chi connectivity index (χ0v) is 18.5. The van der Waals surface area contributed by atoms with E-state index in [-0.39, 0.29) is 0 Å². The Morgan fingerprint density at radius 3 is 2.35 bits per heavy atom. The van der Waals surface area contributed by atoms with Gasteiger partial charge >= 0.3 is 5.01 Å². The summed E-state index contributed by atoms with van der Waals surface area (Å²) in [5.41, 5.74) is 7.84.